The minimum Gasteiger partial charge on any atom is -0.378 e. The van der Waals surface area contributed by atoms with Gasteiger partial charge in [0.25, 0.3) is 0 Å². The van der Waals surface area contributed by atoms with Crippen LogP contribution in [0.4, 0.5) is 10.1 Å². The summed E-state index contributed by atoms with van der Waals surface area (Å²) in [4.78, 5) is 0. The number of nitrogens with zero attached hydrogens (tertiary/aromatic N) is 1. The molecule has 1 aromatic carbocycles. The highest BCUT2D eigenvalue weighted by Gasteiger charge is 2.24. The van der Waals surface area contributed by atoms with Crippen LogP contribution in [0.1, 0.15) is 32.3 Å². The maximum Gasteiger partial charge on any atom is 0.126 e. The predicted molar refractivity (Wildman–Crippen MR) is 67.1 cm³/mol. The molecule has 17 heavy (non-hydrogen) atoms. The summed E-state index contributed by atoms with van der Waals surface area (Å²) < 4.78 is 13.3. The fourth-order valence-corrected chi connectivity index (χ4v) is 1.80. The van der Waals surface area contributed by atoms with Crippen LogP contribution in [0.5, 0.6) is 0 Å². The molecule has 0 spiro atoms. The van der Waals surface area contributed by atoms with E-state index in [2.05, 4.69) is 5.32 Å². The first-order valence-electron chi connectivity index (χ1n) is 5.78. The van der Waals surface area contributed by atoms with Gasteiger partial charge in [-0.05, 0) is 31.0 Å². The standard InChI is InChI=1S/C13H18FN3/c1-3-13(4-2,9-16)17-12-6-10(8-15)5-11(14)7-12/h5-7,17H,3-4,9,16H2,1-2H3. The third-order valence-electron chi connectivity index (χ3n) is 3.18. The Hall–Kier alpha value is -1.60. The lowest BCUT2D eigenvalue weighted by Crippen LogP contribution is -2.44. The number of benzene rings is 1. The van der Waals surface area contributed by atoms with Crippen LogP contribution in [0.15, 0.2) is 18.2 Å². The second kappa shape index (κ2) is 5.65. The van der Waals surface area contributed by atoms with Gasteiger partial charge < -0.3 is 11.1 Å². The molecule has 4 heteroatoms. The van der Waals surface area contributed by atoms with Gasteiger partial charge in [-0.2, -0.15) is 5.26 Å². The van der Waals surface area contributed by atoms with Crippen molar-refractivity contribution in [2.75, 3.05) is 11.9 Å². The zero-order valence-electron chi connectivity index (χ0n) is 10.3. The largest absolute Gasteiger partial charge is 0.378 e. The van der Waals surface area contributed by atoms with Gasteiger partial charge in [-0.25, -0.2) is 4.39 Å². The average molecular weight is 235 g/mol. The average Bonchev–Trinajstić information content (AvgIpc) is 2.35. The zero-order valence-corrected chi connectivity index (χ0v) is 10.3. The molecule has 3 N–H and O–H groups in total. The van der Waals surface area contributed by atoms with E-state index in [-0.39, 0.29) is 5.54 Å². The Bertz CT molecular complexity index is 411. The Labute approximate surface area is 101 Å². The maximum absolute atomic E-state index is 13.3. The third-order valence-corrected chi connectivity index (χ3v) is 3.18. The van der Waals surface area contributed by atoms with Gasteiger partial charge in [-0.3, -0.25) is 0 Å². The lowest BCUT2D eigenvalue weighted by Gasteiger charge is -2.32. The van der Waals surface area contributed by atoms with Crippen LogP contribution in [-0.2, 0) is 0 Å². The molecule has 0 aromatic heterocycles. The van der Waals surface area contributed by atoms with E-state index >= 15 is 0 Å². The highest BCUT2D eigenvalue weighted by molar-refractivity contribution is 5.51. The molecule has 92 valence electrons. The molecular weight excluding hydrogens is 217 g/mol. The molecule has 1 aromatic rings. The SMILES string of the molecule is CCC(CC)(CN)Nc1cc(F)cc(C#N)c1. The number of nitrogens with one attached hydrogen (secondary N) is 1. The monoisotopic (exact) mass is 235 g/mol. The maximum atomic E-state index is 13.3. The van der Waals surface area contributed by atoms with E-state index in [9.17, 15) is 4.39 Å². The van der Waals surface area contributed by atoms with Crippen molar-refractivity contribution in [1.82, 2.24) is 0 Å². The Balaban J connectivity index is 3.02. The first-order valence-corrected chi connectivity index (χ1v) is 5.78. The molecule has 0 atom stereocenters. The minimum absolute atomic E-state index is 0.236. The highest BCUT2D eigenvalue weighted by atomic mass is 19.1. The molecule has 0 amide bonds. The second-order valence-corrected chi connectivity index (χ2v) is 4.16. The van der Waals surface area contributed by atoms with Crippen LogP contribution < -0.4 is 11.1 Å². The molecule has 0 radical (unpaired) electrons. The number of rotatable bonds is 5. The van der Waals surface area contributed by atoms with Crippen LogP contribution in [0.2, 0.25) is 0 Å². The fraction of sp³-hybridized carbons (Fsp3) is 0.462. The van der Waals surface area contributed by atoms with Gasteiger partial charge in [0.15, 0.2) is 0 Å². The summed E-state index contributed by atoms with van der Waals surface area (Å²) in [7, 11) is 0. The van der Waals surface area contributed by atoms with Gasteiger partial charge in [0.2, 0.25) is 0 Å². The molecule has 0 unspecified atom stereocenters. The molecule has 0 aliphatic rings. The summed E-state index contributed by atoms with van der Waals surface area (Å²) in [6.45, 7) is 4.54. The van der Waals surface area contributed by atoms with Crippen LogP contribution in [0.3, 0.4) is 0 Å². The molecule has 0 saturated heterocycles. The van der Waals surface area contributed by atoms with Crippen molar-refractivity contribution >= 4 is 5.69 Å². The lowest BCUT2D eigenvalue weighted by atomic mass is 9.92. The van der Waals surface area contributed by atoms with Crippen molar-refractivity contribution in [3.8, 4) is 6.07 Å². The molecular formula is C13H18FN3. The van der Waals surface area contributed by atoms with Crippen molar-refractivity contribution in [3.05, 3.63) is 29.6 Å². The molecule has 0 bridgehead atoms. The van der Waals surface area contributed by atoms with Gasteiger partial charge in [0, 0.05) is 17.8 Å². The highest BCUT2D eigenvalue weighted by Crippen LogP contribution is 2.22. The predicted octanol–water partition coefficient (Wildman–Crippen LogP) is 2.63. The van der Waals surface area contributed by atoms with Crippen LogP contribution >= 0.6 is 0 Å². The van der Waals surface area contributed by atoms with Crippen LogP contribution in [0.25, 0.3) is 0 Å². The van der Waals surface area contributed by atoms with Crippen LogP contribution in [-0.4, -0.2) is 12.1 Å². The first kappa shape index (κ1) is 13.5. The first-order chi connectivity index (χ1) is 8.09. The van der Waals surface area contributed by atoms with Gasteiger partial charge in [0.05, 0.1) is 11.6 Å². The summed E-state index contributed by atoms with van der Waals surface area (Å²) in [6.07, 6.45) is 1.69. The van der Waals surface area contributed by atoms with Gasteiger partial charge in [0.1, 0.15) is 5.82 Å². The van der Waals surface area contributed by atoms with Gasteiger partial charge in [-0.15, -0.1) is 0 Å². The Morgan fingerprint density at radius 2 is 2.00 bits per heavy atom. The molecule has 3 nitrogen and oxygen atoms in total. The van der Waals surface area contributed by atoms with Crippen molar-refractivity contribution in [2.24, 2.45) is 5.73 Å². The number of nitrogens with two attached hydrogens (primary N) is 1. The topological polar surface area (TPSA) is 61.8 Å². The summed E-state index contributed by atoms with van der Waals surface area (Å²) in [5.74, 6) is -0.412. The number of halogens is 1. The van der Waals surface area contributed by atoms with E-state index in [1.165, 1.54) is 12.1 Å². The fourth-order valence-electron chi connectivity index (χ4n) is 1.80. The van der Waals surface area contributed by atoms with E-state index in [1.807, 2.05) is 19.9 Å². The Morgan fingerprint density at radius 1 is 1.35 bits per heavy atom. The second-order valence-electron chi connectivity index (χ2n) is 4.16. The molecule has 0 heterocycles. The molecule has 1 rings (SSSR count). The summed E-state index contributed by atoms with van der Waals surface area (Å²) in [5, 5.41) is 12.0. The molecule has 0 saturated carbocycles. The smallest absolute Gasteiger partial charge is 0.126 e. The van der Waals surface area contributed by atoms with Crippen molar-refractivity contribution in [3.63, 3.8) is 0 Å². The number of anilines is 1. The number of nitriles is 1. The summed E-state index contributed by atoms with van der Waals surface area (Å²) >= 11 is 0. The Morgan fingerprint density at radius 3 is 2.47 bits per heavy atom. The van der Waals surface area contributed by atoms with E-state index < -0.39 is 5.82 Å². The zero-order chi connectivity index (χ0) is 12.9. The summed E-state index contributed by atoms with van der Waals surface area (Å²) in [6, 6.07) is 6.18. The third kappa shape index (κ3) is 3.18. The van der Waals surface area contributed by atoms with Crippen molar-refractivity contribution in [2.45, 2.75) is 32.2 Å². The molecule has 0 aliphatic heterocycles. The molecule has 0 fully saturated rings. The van der Waals surface area contributed by atoms with Gasteiger partial charge in [-0.1, -0.05) is 13.8 Å². The van der Waals surface area contributed by atoms with Gasteiger partial charge >= 0.3 is 0 Å². The van der Waals surface area contributed by atoms with Crippen LogP contribution in [0, 0.1) is 17.1 Å². The summed E-state index contributed by atoms with van der Waals surface area (Å²) in [5.41, 5.74) is 6.45. The van der Waals surface area contributed by atoms with E-state index in [0.29, 0.717) is 17.8 Å². The number of hydrogen-bond acceptors (Lipinski definition) is 3. The normalized spacial score (nSPS) is 11.0. The lowest BCUT2D eigenvalue weighted by molar-refractivity contribution is 0.445. The number of hydrogen-bond donors (Lipinski definition) is 2. The quantitative estimate of drug-likeness (QED) is 0.824. The van der Waals surface area contributed by atoms with Crippen molar-refractivity contribution < 1.29 is 4.39 Å². The molecule has 0 aliphatic carbocycles. The van der Waals surface area contributed by atoms with E-state index in [4.69, 9.17) is 11.0 Å². The Kier molecular flexibility index (Phi) is 4.47. The van der Waals surface area contributed by atoms with Crippen molar-refractivity contribution in [1.29, 1.82) is 5.26 Å². The minimum atomic E-state index is -0.412. The van der Waals surface area contributed by atoms with E-state index in [0.717, 1.165) is 12.8 Å². The van der Waals surface area contributed by atoms with E-state index in [1.54, 1.807) is 6.07 Å².